The van der Waals surface area contributed by atoms with Crippen LogP contribution in [-0.4, -0.2) is 53.9 Å². The molecule has 1 unspecified atom stereocenters. The summed E-state index contributed by atoms with van der Waals surface area (Å²) >= 11 is 4.58. The molecule has 0 aliphatic rings. The smallest absolute Gasteiger partial charge is 0.326 e. The van der Waals surface area contributed by atoms with Gasteiger partial charge in [-0.15, -0.1) is 0 Å². The molecular weight excluding hydrogens is 416 g/mol. The third kappa shape index (κ3) is 11.8. The Morgan fingerprint density at radius 2 is 1.77 bits per heavy atom. The molecule has 174 valence electrons. The highest BCUT2D eigenvalue weighted by Crippen LogP contribution is 2.11. The van der Waals surface area contributed by atoms with Crippen LogP contribution in [0.1, 0.15) is 51.5 Å². The lowest BCUT2D eigenvalue weighted by molar-refractivity contribution is -0.142. The van der Waals surface area contributed by atoms with Crippen LogP contribution >= 0.6 is 12.6 Å². The second kappa shape index (κ2) is 14.9. The van der Waals surface area contributed by atoms with Crippen molar-refractivity contribution in [2.24, 2.45) is 5.92 Å². The Morgan fingerprint density at radius 1 is 1.10 bits per heavy atom. The average Bonchev–Trinajstić information content (AvgIpc) is 2.73. The van der Waals surface area contributed by atoms with Crippen LogP contribution in [0.4, 0.5) is 0 Å². The highest BCUT2D eigenvalue weighted by Gasteiger charge is 2.26. The molecule has 3 N–H and O–H groups in total. The second-order valence-corrected chi connectivity index (χ2v) is 8.89. The number of rotatable bonds is 15. The number of unbranched alkanes of at least 4 members (excludes halogenated alkanes) is 1. The largest absolute Gasteiger partial charge is 0.480 e. The van der Waals surface area contributed by atoms with Crippen LogP contribution in [0.5, 0.6) is 0 Å². The summed E-state index contributed by atoms with van der Waals surface area (Å²) < 4.78 is 4.63. The number of benzene rings is 1. The molecule has 0 aromatic heterocycles. The molecule has 0 bridgehead atoms. The molecule has 0 saturated carbocycles. The summed E-state index contributed by atoms with van der Waals surface area (Å²) in [7, 11) is 1.38. The average molecular weight is 453 g/mol. The molecule has 8 heteroatoms. The van der Waals surface area contributed by atoms with Gasteiger partial charge in [0.1, 0.15) is 6.04 Å². The molecule has 0 aliphatic carbocycles. The molecule has 0 fully saturated rings. The van der Waals surface area contributed by atoms with Gasteiger partial charge in [0.05, 0.1) is 13.2 Å². The highest BCUT2D eigenvalue weighted by atomic mass is 32.1. The molecule has 0 heterocycles. The number of carbonyl (C=O) groups excluding carboxylic acids is 2. The SMILES string of the molecule is COC(=O)CCCCC(S)CN[C@@H](CC(C)C)C(=O)N[C@@H](Cc1ccccc1)C(=O)O. The molecule has 0 spiro atoms. The lowest BCUT2D eigenvalue weighted by Gasteiger charge is -2.24. The van der Waals surface area contributed by atoms with Gasteiger partial charge in [0.2, 0.25) is 5.91 Å². The minimum absolute atomic E-state index is 0.0275. The number of carboxylic acid groups (broad SMARTS) is 1. The molecule has 0 saturated heterocycles. The Hall–Kier alpha value is -2.06. The van der Waals surface area contributed by atoms with E-state index in [1.54, 1.807) is 0 Å². The molecule has 1 rings (SSSR count). The van der Waals surface area contributed by atoms with Crippen molar-refractivity contribution in [3.8, 4) is 0 Å². The maximum Gasteiger partial charge on any atom is 0.326 e. The molecule has 3 atom stereocenters. The van der Waals surface area contributed by atoms with Gasteiger partial charge in [-0.05, 0) is 30.7 Å². The highest BCUT2D eigenvalue weighted by molar-refractivity contribution is 7.81. The van der Waals surface area contributed by atoms with E-state index in [9.17, 15) is 19.5 Å². The van der Waals surface area contributed by atoms with E-state index in [2.05, 4.69) is 28.0 Å². The van der Waals surface area contributed by atoms with Crippen molar-refractivity contribution in [2.45, 2.75) is 69.7 Å². The Bertz CT molecular complexity index is 684. The first-order valence-corrected chi connectivity index (χ1v) is 11.3. The zero-order chi connectivity index (χ0) is 23.2. The summed E-state index contributed by atoms with van der Waals surface area (Å²) in [5.41, 5.74) is 0.853. The maximum atomic E-state index is 12.9. The number of methoxy groups -OCH3 is 1. The van der Waals surface area contributed by atoms with Crippen molar-refractivity contribution in [2.75, 3.05) is 13.7 Å². The normalized spacial score (nSPS) is 14.0. The van der Waals surface area contributed by atoms with Crippen LogP contribution in [0.3, 0.4) is 0 Å². The van der Waals surface area contributed by atoms with Crippen molar-refractivity contribution in [1.82, 2.24) is 10.6 Å². The summed E-state index contributed by atoms with van der Waals surface area (Å²) in [6, 6.07) is 7.76. The number of amides is 1. The third-order valence-electron chi connectivity index (χ3n) is 4.92. The number of hydrogen-bond donors (Lipinski definition) is 4. The van der Waals surface area contributed by atoms with Gasteiger partial charge < -0.3 is 20.5 Å². The Labute approximate surface area is 190 Å². The molecule has 1 amide bonds. The Balaban J connectivity index is 2.58. The first kappa shape index (κ1) is 27.0. The van der Waals surface area contributed by atoms with E-state index >= 15 is 0 Å². The first-order valence-electron chi connectivity index (χ1n) is 10.8. The Morgan fingerprint density at radius 3 is 2.35 bits per heavy atom. The van der Waals surface area contributed by atoms with E-state index < -0.39 is 18.1 Å². The van der Waals surface area contributed by atoms with E-state index in [1.165, 1.54) is 7.11 Å². The van der Waals surface area contributed by atoms with Crippen molar-refractivity contribution in [3.63, 3.8) is 0 Å². The lowest BCUT2D eigenvalue weighted by Crippen LogP contribution is -2.52. The summed E-state index contributed by atoms with van der Waals surface area (Å²) in [6.45, 7) is 4.56. The lowest BCUT2D eigenvalue weighted by atomic mass is 10.0. The minimum atomic E-state index is -1.06. The quantitative estimate of drug-likeness (QED) is 0.185. The third-order valence-corrected chi connectivity index (χ3v) is 5.36. The number of esters is 1. The van der Waals surface area contributed by atoms with E-state index in [0.29, 0.717) is 19.4 Å². The fourth-order valence-electron chi connectivity index (χ4n) is 3.21. The molecule has 0 radical (unpaired) electrons. The number of thiol groups is 1. The second-order valence-electron chi connectivity index (χ2n) is 8.16. The van der Waals surface area contributed by atoms with Gasteiger partial charge in [-0.1, -0.05) is 50.6 Å². The van der Waals surface area contributed by atoms with Crippen LogP contribution in [0.2, 0.25) is 0 Å². The fourth-order valence-corrected chi connectivity index (χ4v) is 3.50. The zero-order valence-electron chi connectivity index (χ0n) is 18.7. The Kier molecular flexibility index (Phi) is 12.9. The van der Waals surface area contributed by atoms with Gasteiger partial charge >= 0.3 is 11.9 Å². The van der Waals surface area contributed by atoms with Crippen molar-refractivity contribution >= 4 is 30.5 Å². The number of aliphatic carboxylic acids is 1. The number of nitrogens with one attached hydrogen (secondary N) is 2. The van der Waals surface area contributed by atoms with Crippen molar-refractivity contribution < 1.29 is 24.2 Å². The van der Waals surface area contributed by atoms with Crippen LogP contribution in [0.25, 0.3) is 0 Å². The number of hydrogen-bond acceptors (Lipinski definition) is 6. The summed E-state index contributed by atoms with van der Waals surface area (Å²) in [5.74, 6) is -1.33. The summed E-state index contributed by atoms with van der Waals surface area (Å²) in [4.78, 5) is 35.7. The maximum absolute atomic E-state index is 12.9. The molecule has 31 heavy (non-hydrogen) atoms. The van der Waals surface area contributed by atoms with E-state index in [4.69, 9.17) is 0 Å². The number of carbonyl (C=O) groups is 3. The molecule has 7 nitrogen and oxygen atoms in total. The molecule has 1 aromatic carbocycles. The number of ether oxygens (including phenoxy) is 1. The van der Waals surface area contributed by atoms with Crippen LogP contribution in [0, 0.1) is 5.92 Å². The van der Waals surface area contributed by atoms with E-state index in [-0.39, 0.29) is 29.5 Å². The minimum Gasteiger partial charge on any atom is -0.480 e. The number of carboxylic acids is 1. The predicted molar refractivity (Wildman–Crippen MR) is 124 cm³/mol. The molecule has 0 aliphatic heterocycles. The van der Waals surface area contributed by atoms with Gasteiger partial charge in [-0.2, -0.15) is 12.6 Å². The summed E-state index contributed by atoms with van der Waals surface area (Å²) in [6.07, 6.45) is 3.58. The monoisotopic (exact) mass is 452 g/mol. The first-order chi connectivity index (χ1) is 14.7. The standard InChI is InChI=1S/C23H36N2O5S/c1-16(2)13-19(24-15-18(31)11-7-8-12-21(26)30-3)22(27)25-20(23(28)29)14-17-9-5-4-6-10-17/h4-6,9-10,16,18-20,24,31H,7-8,11-15H2,1-3H3,(H,25,27)(H,28,29)/t18?,19-,20-/m0/s1. The van der Waals surface area contributed by atoms with Gasteiger partial charge in [0.15, 0.2) is 0 Å². The van der Waals surface area contributed by atoms with Crippen LogP contribution in [0.15, 0.2) is 30.3 Å². The van der Waals surface area contributed by atoms with E-state index in [1.807, 2.05) is 44.2 Å². The predicted octanol–water partition coefficient (Wildman–Crippen LogP) is 2.83. The van der Waals surface area contributed by atoms with E-state index in [0.717, 1.165) is 24.8 Å². The van der Waals surface area contributed by atoms with Gasteiger partial charge in [0, 0.05) is 24.6 Å². The van der Waals surface area contributed by atoms with Gasteiger partial charge in [0.25, 0.3) is 0 Å². The fraction of sp³-hybridized carbons (Fsp3) is 0.609. The zero-order valence-corrected chi connectivity index (χ0v) is 19.6. The topological polar surface area (TPSA) is 105 Å². The summed E-state index contributed by atoms with van der Waals surface area (Å²) in [5, 5.41) is 15.5. The van der Waals surface area contributed by atoms with Crippen LogP contribution in [-0.2, 0) is 25.5 Å². The van der Waals surface area contributed by atoms with Crippen molar-refractivity contribution in [3.05, 3.63) is 35.9 Å². The van der Waals surface area contributed by atoms with Gasteiger partial charge in [-0.3, -0.25) is 9.59 Å². The molecular formula is C23H36N2O5S. The van der Waals surface area contributed by atoms with Crippen LogP contribution < -0.4 is 10.6 Å². The molecule has 1 aromatic rings. The van der Waals surface area contributed by atoms with Crippen molar-refractivity contribution in [1.29, 1.82) is 0 Å². The van der Waals surface area contributed by atoms with Gasteiger partial charge in [-0.25, -0.2) is 4.79 Å².